The molecule has 2 atom stereocenters. The smallest absolute Gasteiger partial charge is 0.307 e. The summed E-state index contributed by atoms with van der Waals surface area (Å²) in [6, 6.07) is 13.4. The van der Waals surface area contributed by atoms with Crippen LogP contribution in [0.15, 0.2) is 42.5 Å². The highest BCUT2D eigenvalue weighted by molar-refractivity contribution is 6.30. The van der Waals surface area contributed by atoms with E-state index in [4.69, 9.17) is 21.1 Å². The van der Waals surface area contributed by atoms with E-state index in [1.165, 1.54) is 0 Å². The molecule has 1 heterocycles. The minimum absolute atomic E-state index is 0.106. The molecule has 27 heavy (non-hydrogen) atoms. The van der Waals surface area contributed by atoms with Crippen LogP contribution >= 0.6 is 11.6 Å². The van der Waals surface area contributed by atoms with E-state index in [-0.39, 0.29) is 12.0 Å². The van der Waals surface area contributed by atoms with Gasteiger partial charge in [0.05, 0.1) is 26.2 Å². The Morgan fingerprint density at radius 1 is 1.15 bits per heavy atom. The summed E-state index contributed by atoms with van der Waals surface area (Å²) in [5.41, 5.74) is 2.04. The van der Waals surface area contributed by atoms with Gasteiger partial charge >= 0.3 is 5.97 Å². The number of rotatable bonds is 6. The molecule has 5 nitrogen and oxygen atoms in total. The van der Waals surface area contributed by atoms with Gasteiger partial charge in [0.25, 0.3) is 0 Å². The molecule has 2 aromatic rings. The second kappa shape index (κ2) is 8.63. The van der Waals surface area contributed by atoms with Crippen LogP contribution in [0.4, 0.5) is 0 Å². The number of benzene rings is 2. The minimum Gasteiger partial charge on any atom is -0.493 e. The summed E-state index contributed by atoms with van der Waals surface area (Å²) in [5, 5.41) is 10.1. The Kier molecular flexibility index (Phi) is 6.24. The Morgan fingerprint density at radius 2 is 1.89 bits per heavy atom. The van der Waals surface area contributed by atoms with Gasteiger partial charge < -0.3 is 14.6 Å². The fraction of sp³-hybridized carbons (Fsp3) is 0.381. The highest BCUT2D eigenvalue weighted by Crippen LogP contribution is 2.37. The van der Waals surface area contributed by atoms with Crippen molar-refractivity contribution in [3.05, 3.63) is 58.6 Å². The molecule has 0 amide bonds. The SMILES string of the molecule is COc1ccc(C(c2cccc(Cl)c2)N2CCCC(C(=O)O)C2)cc1OC. The Bertz CT molecular complexity index is 811. The molecule has 1 N–H and O–H groups in total. The fourth-order valence-corrected chi connectivity index (χ4v) is 3.95. The van der Waals surface area contributed by atoms with E-state index in [2.05, 4.69) is 4.90 Å². The largest absolute Gasteiger partial charge is 0.493 e. The number of piperidine rings is 1. The minimum atomic E-state index is -0.739. The molecule has 0 saturated carbocycles. The number of methoxy groups -OCH3 is 2. The van der Waals surface area contributed by atoms with Crippen LogP contribution in [-0.4, -0.2) is 43.3 Å². The van der Waals surface area contributed by atoms with Crippen molar-refractivity contribution < 1.29 is 19.4 Å². The maximum absolute atomic E-state index is 11.5. The quantitative estimate of drug-likeness (QED) is 0.800. The number of hydrogen-bond acceptors (Lipinski definition) is 4. The van der Waals surface area contributed by atoms with Gasteiger partial charge in [-0.25, -0.2) is 0 Å². The van der Waals surface area contributed by atoms with Crippen LogP contribution in [0.5, 0.6) is 11.5 Å². The predicted molar refractivity (Wildman–Crippen MR) is 105 cm³/mol. The lowest BCUT2D eigenvalue weighted by molar-refractivity contribution is -0.143. The lowest BCUT2D eigenvalue weighted by Crippen LogP contribution is -2.41. The zero-order chi connectivity index (χ0) is 19.4. The number of likely N-dealkylation sites (tertiary alicyclic amines) is 1. The second-order valence-electron chi connectivity index (χ2n) is 6.74. The van der Waals surface area contributed by atoms with Gasteiger partial charge in [-0.15, -0.1) is 0 Å². The summed E-state index contributed by atoms with van der Waals surface area (Å²) >= 11 is 6.24. The van der Waals surface area contributed by atoms with Gasteiger partial charge in [-0.05, 0) is 54.8 Å². The van der Waals surface area contributed by atoms with Crippen molar-refractivity contribution in [2.45, 2.75) is 18.9 Å². The number of halogens is 1. The molecule has 2 unspecified atom stereocenters. The molecular weight excluding hydrogens is 366 g/mol. The molecule has 0 aliphatic carbocycles. The van der Waals surface area contributed by atoms with Crippen molar-refractivity contribution in [1.29, 1.82) is 0 Å². The third-order valence-corrected chi connectivity index (χ3v) is 5.29. The van der Waals surface area contributed by atoms with Crippen LogP contribution in [0, 0.1) is 5.92 Å². The molecule has 1 aliphatic rings. The third-order valence-electron chi connectivity index (χ3n) is 5.05. The summed E-state index contributed by atoms with van der Waals surface area (Å²) in [7, 11) is 3.21. The molecule has 0 bridgehead atoms. The van der Waals surface area contributed by atoms with Crippen molar-refractivity contribution in [2.75, 3.05) is 27.3 Å². The lowest BCUT2D eigenvalue weighted by atomic mass is 9.91. The molecule has 0 radical (unpaired) electrons. The van der Waals surface area contributed by atoms with Crippen molar-refractivity contribution in [1.82, 2.24) is 4.90 Å². The maximum atomic E-state index is 11.5. The molecule has 1 saturated heterocycles. The first-order chi connectivity index (χ1) is 13.0. The van der Waals surface area contributed by atoms with Crippen LogP contribution in [0.3, 0.4) is 0 Å². The van der Waals surface area contributed by atoms with E-state index >= 15 is 0 Å². The van der Waals surface area contributed by atoms with Crippen molar-refractivity contribution in [2.24, 2.45) is 5.92 Å². The molecule has 6 heteroatoms. The topological polar surface area (TPSA) is 59.0 Å². The Morgan fingerprint density at radius 3 is 2.56 bits per heavy atom. The fourth-order valence-electron chi connectivity index (χ4n) is 3.76. The molecule has 1 fully saturated rings. The lowest BCUT2D eigenvalue weighted by Gasteiger charge is -2.37. The van der Waals surface area contributed by atoms with Crippen LogP contribution < -0.4 is 9.47 Å². The zero-order valence-electron chi connectivity index (χ0n) is 15.5. The summed E-state index contributed by atoms with van der Waals surface area (Å²) in [4.78, 5) is 13.8. The highest BCUT2D eigenvalue weighted by Gasteiger charge is 2.31. The molecule has 2 aromatic carbocycles. The van der Waals surface area contributed by atoms with Crippen molar-refractivity contribution in [3.63, 3.8) is 0 Å². The number of carboxylic acids is 1. The average Bonchev–Trinajstić information content (AvgIpc) is 2.68. The van der Waals surface area contributed by atoms with Crippen LogP contribution in [0.25, 0.3) is 0 Å². The van der Waals surface area contributed by atoms with E-state index < -0.39 is 5.97 Å². The van der Waals surface area contributed by atoms with E-state index in [0.29, 0.717) is 29.5 Å². The monoisotopic (exact) mass is 389 g/mol. The van der Waals surface area contributed by atoms with Crippen LogP contribution in [0.2, 0.25) is 5.02 Å². The predicted octanol–water partition coefficient (Wildman–Crippen LogP) is 4.24. The second-order valence-corrected chi connectivity index (χ2v) is 7.18. The van der Waals surface area contributed by atoms with Crippen molar-refractivity contribution in [3.8, 4) is 11.5 Å². The normalized spacial score (nSPS) is 18.7. The zero-order valence-corrected chi connectivity index (χ0v) is 16.3. The van der Waals surface area contributed by atoms with Gasteiger partial charge in [-0.2, -0.15) is 0 Å². The number of carboxylic acid groups (broad SMARTS) is 1. The summed E-state index contributed by atoms with van der Waals surface area (Å²) in [6.45, 7) is 1.33. The molecule has 3 rings (SSSR count). The Labute approximate surface area is 164 Å². The number of hydrogen-bond donors (Lipinski definition) is 1. The van der Waals surface area contributed by atoms with E-state index in [1.54, 1.807) is 14.2 Å². The number of nitrogens with zero attached hydrogens (tertiary/aromatic N) is 1. The first-order valence-electron chi connectivity index (χ1n) is 8.97. The van der Waals surface area contributed by atoms with Gasteiger partial charge in [0, 0.05) is 11.6 Å². The highest BCUT2D eigenvalue weighted by atomic mass is 35.5. The standard InChI is InChI=1S/C21H24ClNO4/c1-26-18-9-8-15(12-19(18)27-2)20(14-5-3-7-17(22)11-14)23-10-4-6-16(13-23)21(24)25/h3,5,7-9,11-12,16,20H,4,6,10,13H2,1-2H3,(H,24,25). The number of ether oxygens (including phenoxy) is 2. The summed E-state index contributed by atoms with van der Waals surface area (Å²) < 4.78 is 10.8. The maximum Gasteiger partial charge on any atom is 0.307 e. The first kappa shape index (κ1) is 19.5. The molecular formula is C21H24ClNO4. The molecule has 0 aromatic heterocycles. The van der Waals surface area contributed by atoms with Gasteiger partial charge in [-0.3, -0.25) is 9.69 Å². The number of aliphatic carboxylic acids is 1. The van der Waals surface area contributed by atoms with Gasteiger partial charge in [0.15, 0.2) is 11.5 Å². The third kappa shape index (κ3) is 4.37. The van der Waals surface area contributed by atoms with Gasteiger partial charge in [-0.1, -0.05) is 29.8 Å². The molecule has 0 spiro atoms. The Balaban J connectivity index is 2.04. The van der Waals surface area contributed by atoms with Gasteiger partial charge in [0.1, 0.15) is 0 Å². The van der Waals surface area contributed by atoms with E-state index in [9.17, 15) is 9.90 Å². The Hall–Kier alpha value is -2.24. The van der Waals surface area contributed by atoms with E-state index in [0.717, 1.165) is 24.1 Å². The summed E-state index contributed by atoms with van der Waals surface area (Å²) in [5.74, 6) is 0.208. The van der Waals surface area contributed by atoms with Crippen LogP contribution in [0.1, 0.15) is 30.0 Å². The van der Waals surface area contributed by atoms with Crippen LogP contribution in [-0.2, 0) is 4.79 Å². The number of carbonyl (C=O) groups is 1. The molecule has 1 aliphatic heterocycles. The van der Waals surface area contributed by atoms with Gasteiger partial charge in [0.2, 0.25) is 0 Å². The van der Waals surface area contributed by atoms with Crippen molar-refractivity contribution >= 4 is 17.6 Å². The first-order valence-corrected chi connectivity index (χ1v) is 9.35. The van der Waals surface area contributed by atoms with E-state index in [1.807, 2.05) is 42.5 Å². The summed E-state index contributed by atoms with van der Waals surface area (Å²) in [6.07, 6.45) is 1.56. The molecule has 144 valence electrons. The average molecular weight is 390 g/mol.